The van der Waals surface area contributed by atoms with Crippen molar-refractivity contribution in [2.24, 2.45) is 5.92 Å². The first-order valence-electron chi connectivity index (χ1n) is 6.79. The summed E-state index contributed by atoms with van der Waals surface area (Å²) in [6.45, 7) is 3.46. The van der Waals surface area contributed by atoms with Gasteiger partial charge in [0.25, 0.3) is 0 Å². The van der Waals surface area contributed by atoms with Crippen molar-refractivity contribution >= 4 is 11.6 Å². The first kappa shape index (κ1) is 13.9. The second-order valence-electron chi connectivity index (χ2n) is 5.36. The van der Waals surface area contributed by atoms with Crippen LogP contribution in [0.25, 0.3) is 0 Å². The molecule has 0 saturated carbocycles. The van der Waals surface area contributed by atoms with Crippen molar-refractivity contribution in [1.82, 2.24) is 10.2 Å². The van der Waals surface area contributed by atoms with Crippen LogP contribution in [0.5, 0.6) is 0 Å². The van der Waals surface area contributed by atoms with Crippen LogP contribution in [-0.2, 0) is 0 Å². The zero-order chi connectivity index (χ0) is 13.0. The van der Waals surface area contributed by atoms with E-state index in [1.54, 1.807) is 0 Å². The van der Waals surface area contributed by atoms with Crippen LogP contribution < -0.4 is 5.32 Å². The Balaban J connectivity index is 2.12. The van der Waals surface area contributed by atoms with Crippen LogP contribution >= 0.6 is 11.6 Å². The first-order valence-corrected chi connectivity index (χ1v) is 7.17. The van der Waals surface area contributed by atoms with Gasteiger partial charge in [0.2, 0.25) is 0 Å². The molecule has 1 unspecified atom stereocenters. The van der Waals surface area contributed by atoms with Crippen LogP contribution in [-0.4, -0.2) is 38.6 Å². The van der Waals surface area contributed by atoms with Gasteiger partial charge in [0.15, 0.2) is 0 Å². The van der Waals surface area contributed by atoms with Crippen LogP contribution in [0.15, 0.2) is 24.3 Å². The number of hydrogen-bond acceptors (Lipinski definition) is 2. The third kappa shape index (κ3) is 3.47. The molecular formula is C15H23ClN2. The highest BCUT2D eigenvalue weighted by Crippen LogP contribution is 2.33. The lowest BCUT2D eigenvalue weighted by Gasteiger charge is -2.34. The molecule has 18 heavy (non-hydrogen) atoms. The summed E-state index contributed by atoms with van der Waals surface area (Å²) in [6.07, 6.45) is 2.57. The quantitative estimate of drug-likeness (QED) is 0.901. The lowest BCUT2D eigenvalue weighted by Crippen LogP contribution is -2.35. The van der Waals surface area contributed by atoms with Gasteiger partial charge in [-0.1, -0.05) is 23.7 Å². The predicted molar refractivity (Wildman–Crippen MR) is 78.3 cm³/mol. The van der Waals surface area contributed by atoms with E-state index in [0.29, 0.717) is 5.92 Å². The minimum Gasteiger partial charge on any atom is -0.319 e. The van der Waals surface area contributed by atoms with Crippen molar-refractivity contribution in [1.29, 1.82) is 0 Å². The molecule has 2 nitrogen and oxygen atoms in total. The molecule has 3 heteroatoms. The average molecular weight is 267 g/mol. The van der Waals surface area contributed by atoms with Crippen LogP contribution in [0.3, 0.4) is 0 Å². The van der Waals surface area contributed by atoms with E-state index in [1.165, 1.54) is 31.5 Å². The van der Waals surface area contributed by atoms with E-state index in [1.807, 2.05) is 13.1 Å². The van der Waals surface area contributed by atoms with Gasteiger partial charge < -0.3 is 10.2 Å². The van der Waals surface area contributed by atoms with E-state index < -0.39 is 0 Å². The molecule has 1 aromatic carbocycles. The molecule has 1 saturated heterocycles. The Morgan fingerprint density at radius 3 is 2.72 bits per heavy atom. The van der Waals surface area contributed by atoms with Gasteiger partial charge in [0.05, 0.1) is 0 Å². The van der Waals surface area contributed by atoms with E-state index in [4.69, 9.17) is 11.6 Å². The Labute approximate surface area is 115 Å². The molecule has 1 N–H and O–H groups in total. The molecule has 0 amide bonds. The maximum absolute atomic E-state index is 6.12. The van der Waals surface area contributed by atoms with Gasteiger partial charge in [-0.3, -0.25) is 0 Å². The summed E-state index contributed by atoms with van der Waals surface area (Å²) in [4.78, 5) is 2.42. The lowest BCUT2D eigenvalue weighted by atomic mass is 9.80. The second kappa shape index (κ2) is 6.55. The van der Waals surface area contributed by atoms with Crippen LogP contribution in [0.4, 0.5) is 0 Å². The van der Waals surface area contributed by atoms with E-state index in [2.05, 4.69) is 35.5 Å². The van der Waals surface area contributed by atoms with E-state index in [9.17, 15) is 0 Å². The van der Waals surface area contributed by atoms with E-state index in [-0.39, 0.29) is 0 Å². The summed E-state index contributed by atoms with van der Waals surface area (Å²) in [5, 5.41) is 4.19. The second-order valence-corrected chi connectivity index (χ2v) is 5.80. The zero-order valence-electron chi connectivity index (χ0n) is 11.3. The number of likely N-dealkylation sites (tertiary alicyclic amines) is 1. The normalized spacial score (nSPS) is 19.9. The molecule has 1 fully saturated rings. The molecule has 2 rings (SSSR count). The number of hydrogen-bond donors (Lipinski definition) is 1. The van der Waals surface area contributed by atoms with Crippen molar-refractivity contribution in [3.05, 3.63) is 34.9 Å². The molecule has 0 aromatic heterocycles. The van der Waals surface area contributed by atoms with Crippen molar-refractivity contribution in [2.45, 2.75) is 18.8 Å². The zero-order valence-corrected chi connectivity index (χ0v) is 12.1. The molecular weight excluding hydrogens is 244 g/mol. The minimum absolute atomic E-state index is 0.586. The molecule has 1 aromatic rings. The van der Waals surface area contributed by atoms with Gasteiger partial charge >= 0.3 is 0 Å². The van der Waals surface area contributed by atoms with Crippen molar-refractivity contribution in [3.63, 3.8) is 0 Å². The van der Waals surface area contributed by atoms with Crippen LogP contribution in [0, 0.1) is 5.92 Å². The van der Waals surface area contributed by atoms with Gasteiger partial charge in [0.1, 0.15) is 0 Å². The fourth-order valence-corrected chi connectivity index (χ4v) is 3.14. The number of piperidine rings is 1. The summed E-state index contributed by atoms with van der Waals surface area (Å²) in [5.74, 6) is 1.36. The minimum atomic E-state index is 0.586. The Kier molecular flexibility index (Phi) is 5.04. The van der Waals surface area contributed by atoms with Crippen LogP contribution in [0.1, 0.15) is 24.3 Å². The molecule has 1 heterocycles. The van der Waals surface area contributed by atoms with Gasteiger partial charge in [0, 0.05) is 11.6 Å². The molecule has 100 valence electrons. The Bertz CT molecular complexity index is 373. The van der Waals surface area contributed by atoms with Crippen LogP contribution in [0.2, 0.25) is 5.02 Å². The highest BCUT2D eigenvalue weighted by molar-refractivity contribution is 6.30. The molecule has 0 aliphatic carbocycles. The molecule has 0 bridgehead atoms. The lowest BCUT2D eigenvalue weighted by molar-refractivity contribution is 0.197. The third-order valence-electron chi connectivity index (χ3n) is 4.03. The predicted octanol–water partition coefficient (Wildman–Crippen LogP) is 2.98. The number of nitrogens with zero attached hydrogens (tertiary/aromatic N) is 1. The van der Waals surface area contributed by atoms with Crippen molar-refractivity contribution in [2.75, 3.05) is 33.7 Å². The van der Waals surface area contributed by atoms with E-state index >= 15 is 0 Å². The van der Waals surface area contributed by atoms with E-state index in [0.717, 1.165) is 17.5 Å². The maximum atomic E-state index is 6.12. The maximum Gasteiger partial charge on any atom is 0.0408 e. The monoisotopic (exact) mass is 266 g/mol. The number of rotatable bonds is 4. The fraction of sp³-hybridized carbons (Fsp3) is 0.600. The molecule has 1 aliphatic rings. The summed E-state index contributed by atoms with van der Waals surface area (Å²) >= 11 is 6.12. The smallest absolute Gasteiger partial charge is 0.0408 e. The first-order chi connectivity index (χ1) is 8.70. The Hall–Kier alpha value is -0.570. The Morgan fingerprint density at radius 1 is 1.39 bits per heavy atom. The summed E-state index contributed by atoms with van der Waals surface area (Å²) in [6, 6.07) is 8.36. The molecule has 0 radical (unpaired) electrons. The highest BCUT2D eigenvalue weighted by atomic mass is 35.5. The summed E-state index contributed by atoms with van der Waals surface area (Å²) < 4.78 is 0. The molecule has 0 spiro atoms. The third-order valence-corrected chi connectivity index (χ3v) is 4.27. The largest absolute Gasteiger partial charge is 0.319 e. The molecule has 1 atom stereocenters. The van der Waals surface area contributed by atoms with Gasteiger partial charge in [-0.05, 0) is 69.6 Å². The van der Waals surface area contributed by atoms with Gasteiger partial charge in [-0.25, -0.2) is 0 Å². The standard InChI is InChI=1S/C15H23ClN2/c1-17-11-15(12-6-8-18(2)9-7-12)13-4-3-5-14(16)10-13/h3-5,10,12,15,17H,6-9,11H2,1-2H3. The fourth-order valence-electron chi connectivity index (χ4n) is 2.94. The van der Waals surface area contributed by atoms with Crippen molar-refractivity contribution < 1.29 is 0 Å². The average Bonchev–Trinajstić information content (AvgIpc) is 2.37. The van der Waals surface area contributed by atoms with Gasteiger partial charge in [-0.2, -0.15) is 0 Å². The number of benzene rings is 1. The molecule has 1 aliphatic heterocycles. The highest BCUT2D eigenvalue weighted by Gasteiger charge is 2.26. The summed E-state index contributed by atoms with van der Waals surface area (Å²) in [7, 11) is 4.25. The summed E-state index contributed by atoms with van der Waals surface area (Å²) in [5.41, 5.74) is 1.38. The number of nitrogens with one attached hydrogen (secondary N) is 1. The number of likely N-dealkylation sites (N-methyl/N-ethyl adjacent to an activating group) is 1. The Morgan fingerprint density at radius 2 is 2.11 bits per heavy atom. The number of halogens is 1. The SMILES string of the molecule is CNCC(c1cccc(Cl)c1)C1CCN(C)CC1. The van der Waals surface area contributed by atoms with Crippen molar-refractivity contribution in [3.8, 4) is 0 Å². The van der Waals surface area contributed by atoms with Gasteiger partial charge in [-0.15, -0.1) is 0 Å². The topological polar surface area (TPSA) is 15.3 Å².